The number of amides is 1. The summed E-state index contributed by atoms with van der Waals surface area (Å²) in [5.41, 5.74) is 3.66. The number of hydrogen-bond donors (Lipinski definition) is 1. The molecule has 0 bridgehead atoms. The fourth-order valence-electron chi connectivity index (χ4n) is 7.64. The van der Waals surface area contributed by atoms with E-state index in [9.17, 15) is 9.59 Å². The summed E-state index contributed by atoms with van der Waals surface area (Å²) in [7, 11) is 0. The Morgan fingerprint density at radius 3 is 2.00 bits per heavy atom. The van der Waals surface area contributed by atoms with E-state index in [4.69, 9.17) is 4.74 Å². The van der Waals surface area contributed by atoms with E-state index in [0.29, 0.717) is 16.8 Å². The van der Waals surface area contributed by atoms with Crippen LogP contribution >= 0.6 is 0 Å². The normalized spacial score (nSPS) is 22.2. The molecule has 3 aliphatic rings. The lowest BCUT2D eigenvalue weighted by atomic mass is 9.64. The smallest absolute Gasteiger partial charge is 0.330 e. The number of anilines is 2. The number of ketones is 1. The average Bonchev–Trinajstić information content (AvgIpc) is 3.60. The molecule has 3 heterocycles. The lowest BCUT2D eigenvalue weighted by Gasteiger charge is -2.37. The molecule has 6 heteroatoms. The molecule has 8 rings (SSSR count). The Labute approximate surface area is 267 Å². The molecule has 1 N–H and O–H groups in total. The number of nitrogens with zero attached hydrogens (tertiary/aromatic N) is 1. The lowest BCUT2D eigenvalue weighted by molar-refractivity contribution is -0.150. The van der Waals surface area contributed by atoms with Crippen LogP contribution in [0.1, 0.15) is 38.7 Å². The molecule has 3 aliphatic heterocycles. The first kappa shape index (κ1) is 27.8. The van der Waals surface area contributed by atoms with Crippen molar-refractivity contribution >= 4 is 35.1 Å². The highest BCUT2D eigenvalue weighted by atomic mass is 16.5. The Hall–Kier alpha value is -5.75. The molecule has 4 atom stereocenters. The zero-order valence-corrected chi connectivity index (χ0v) is 24.8. The average molecular weight is 603 g/mol. The minimum absolute atomic E-state index is 0.286. The van der Waals surface area contributed by atoms with Crippen molar-refractivity contribution < 1.29 is 19.1 Å². The predicted octanol–water partition coefficient (Wildman–Crippen LogP) is 6.99. The topological polar surface area (TPSA) is 75.7 Å². The summed E-state index contributed by atoms with van der Waals surface area (Å²) in [5, 5.41) is 3.07. The van der Waals surface area contributed by atoms with Crippen LogP contribution in [0, 0.1) is 5.92 Å². The first-order valence-corrected chi connectivity index (χ1v) is 15.4. The van der Waals surface area contributed by atoms with Crippen LogP contribution < -0.4 is 10.2 Å². The number of benzene rings is 5. The van der Waals surface area contributed by atoms with Gasteiger partial charge < -0.3 is 15.0 Å². The van der Waals surface area contributed by atoms with Crippen molar-refractivity contribution in [1.82, 2.24) is 0 Å². The van der Waals surface area contributed by atoms with Gasteiger partial charge >= 0.3 is 5.97 Å². The molecule has 6 nitrogen and oxygen atoms in total. The quantitative estimate of drug-likeness (QED) is 0.168. The molecular weight excluding hydrogens is 572 g/mol. The van der Waals surface area contributed by atoms with E-state index in [1.54, 1.807) is 24.3 Å². The van der Waals surface area contributed by atoms with Gasteiger partial charge in [-0.15, -0.1) is 0 Å². The number of rotatable bonds is 6. The summed E-state index contributed by atoms with van der Waals surface area (Å²) < 4.78 is 6.52. The summed E-state index contributed by atoms with van der Waals surface area (Å²) in [6, 6.07) is 41.6. The standard InChI is InChI=1S/C40H30N2O4/c43-36(27-15-4-1-5-16-27)34-35(38(44)46-37(28-17-6-2-7-18-28)29-19-8-3-9-20-29)42-32-23-13-10-14-26(32)24-25-33(42)40(34)30-21-11-12-22-31(30)41-39(40)45/h1-25,33-35,37H,(H,41,45)/t33-,34-,35+,40+/m0/s1. The second-order valence-electron chi connectivity index (χ2n) is 11.9. The van der Waals surface area contributed by atoms with Gasteiger partial charge in [0.2, 0.25) is 5.91 Å². The molecule has 1 saturated heterocycles. The van der Waals surface area contributed by atoms with E-state index in [2.05, 4.69) is 5.32 Å². The highest BCUT2D eigenvalue weighted by Gasteiger charge is 2.71. The molecule has 1 amide bonds. The Balaban J connectivity index is 1.35. The van der Waals surface area contributed by atoms with E-state index in [1.807, 2.05) is 132 Å². The van der Waals surface area contributed by atoms with Crippen molar-refractivity contribution in [3.63, 3.8) is 0 Å². The number of nitrogens with one attached hydrogen (secondary N) is 1. The number of Topliss-reactive ketones (excluding diaryl/α,β-unsaturated/α-hetero) is 1. The third-order valence-corrected chi connectivity index (χ3v) is 9.56. The van der Waals surface area contributed by atoms with Crippen LogP contribution in [0.5, 0.6) is 0 Å². The SMILES string of the molecule is O=C(c1ccccc1)[C@@H]1[C@H](C(=O)OC(c2ccccc2)c2ccccc2)N2c3ccccc3C=C[C@H]2[C@@]12C(=O)Nc1ccccc12. The Morgan fingerprint density at radius 1 is 0.717 bits per heavy atom. The first-order chi connectivity index (χ1) is 22.6. The van der Waals surface area contributed by atoms with Crippen molar-refractivity contribution in [3.8, 4) is 0 Å². The van der Waals surface area contributed by atoms with Crippen LogP contribution in [0.15, 0.2) is 146 Å². The number of ether oxygens (including phenoxy) is 1. The first-order valence-electron chi connectivity index (χ1n) is 15.4. The number of para-hydroxylation sites is 2. The minimum Gasteiger partial charge on any atom is -0.451 e. The number of carbonyl (C=O) groups excluding carboxylic acids is 3. The van der Waals surface area contributed by atoms with Crippen LogP contribution in [-0.4, -0.2) is 29.7 Å². The molecule has 0 aliphatic carbocycles. The van der Waals surface area contributed by atoms with Gasteiger partial charge in [0.15, 0.2) is 11.9 Å². The van der Waals surface area contributed by atoms with Gasteiger partial charge in [0.1, 0.15) is 11.5 Å². The maximum atomic E-state index is 15.0. The van der Waals surface area contributed by atoms with Gasteiger partial charge in [0, 0.05) is 16.9 Å². The number of fused-ring (bicyclic) bond motifs is 6. The number of esters is 1. The summed E-state index contributed by atoms with van der Waals surface area (Å²) in [5.74, 6) is -2.26. The van der Waals surface area contributed by atoms with Gasteiger partial charge in [-0.05, 0) is 34.4 Å². The van der Waals surface area contributed by atoms with E-state index in [-0.39, 0.29) is 11.7 Å². The molecule has 46 heavy (non-hydrogen) atoms. The predicted molar refractivity (Wildman–Crippen MR) is 177 cm³/mol. The maximum Gasteiger partial charge on any atom is 0.330 e. The van der Waals surface area contributed by atoms with Crippen LogP contribution in [0.2, 0.25) is 0 Å². The molecule has 1 fully saturated rings. The van der Waals surface area contributed by atoms with E-state index < -0.39 is 35.5 Å². The molecule has 0 radical (unpaired) electrons. The minimum atomic E-state index is -1.40. The third-order valence-electron chi connectivity index (χ3n) is 9.56. The summed E-state index contributed by atoms with van der Waals surface area (Å²) in [6.07, 6.45) is 3.23. The molecule has 5 aromatic rings. The zero-order valence-electron chi connectivity index (χ0n) is 24.8. The maximum absolute atomic E-state index is 15.0. The van der Waals surface area contributed by atoms with Crippen LogP contribution in [-0.2, 0) is 19.7 Å². The van der Waals surface area contributed by atoms with Crippen molar-refractivity contribution in [2.24, 2.45) is 5.92 Å². The van der Waals surface area contributed by atoms with Crippen molar-refractivity contribution in [2.45, 2.75) is 23.6 Å². The second-order valence-corrected chi connectivity index (χ2v) is 11.9. The van der Waals surface area contributed by atoms with Gasteiger partial charge in [-0.25, -0.2) is 4.79 Å². The second kappa shape index (κ2) is 11.0. The van der Waals surface area contributed by atoms with Gasteiger partial charge in [-0.3, -0.25) is 9.59 Å². The molecule has 0 saturated carbocycles. The summed E-state index contributed by atoms with van der Waals surface area (Å²) in [6.45, 7) is 0. The fourth-order valence-corrected chi connectivity index (χ4v) is 7.64. The largest absolute Gasteiger partial charge is 0.451 e. The van der Waals surface area contributed by atoms with Crippen molar-refractivity contribution in [2.75, 3.05) is 10.2 Å². The van der Waals surface area contributed by atoms with Gasteiger partial charge in [-0.1, -0.05) is 140 Å². The van der Waals surface area contributed by atoms with Crippen molar-refractivity contribution in [1.29, 1.82) is 0 Å². The Morgan fingerprint density at radius 2 is 1.30 bits per heavy atom. The Bertz CT molecular complexity index is 1950. The van der Waals surface area contributed by atoms with E-state index in [0.717, 1.165) is 22.4 Å². The molecule has 0 unspecified atom stereocenters. The zero-order chi connectivity index (χ0) is 31.3. The molecule has 0 aromatic heterocycles. The third kappa shape index (κ3) is 4.14. The molecule has 5 aromatic carbocycles. The van der Waals surface area contributed by atoms with E-state index in [1.165, 1.54) is 0 Å². The monoisotopic (exact) mass is 602 g/mol. The van der Waals surface area contributed by atoms with E-state index >= 15 is 4.79 Å². The number of hydrogen-bond acceptors (Lipinski definition) is 5. The Kier molecular flexibility index (Phi) is 6.64. The van der Waals surface area contributed by atoms with Gasteiger partial charge in [-0.2, -0.15) is 0 Å². The van der Waals surface area contributed by atoms with Crippen LogP contribution in [0.3, 0.4) is 0 Å². The van der Waals surface area contributed by atoms with Crippen LogP contribution in [0.25, 0.3) is 6.08 Å². The molecule has 1 spiro atoms. The summed E-state index contributed by atoms with van der Waals surface area (Å²) >= 11 is 0. The highest BCUT2D eigenvalue weighted by molar-refractivity contribution is 6.16. The highest BCUT2D eigenvalue weighted by Crippen LogP contribution is 2.58. The van der Waals surface area contributed by atoms with Crippen molar-refractivity contribution in [3.05, 3.63) is 173 Å². The lowest BCUT2D eigenvalue weighted by Crippen LogP contribution is -2.51. The number of carbonyl (C=O) groups is 3. The molecular formula is C40H30N2O4. The van der Waals surface area contributed by atoms with Gasteiger partial charge in [0.25, 0.3) is 0 Å². The van der Waals surface area contributed by atoms with Gasteiger partial charge in [0.05, 0.1) is 12.0 Å². The summed E-state index contributed by atoms with van der Waals surface area (Å²) in [4.78, 5) is 46.4. The van der Waals surface area contributed by atoms with Crippen LogP contribution in [0.4, 0.5) is 11.4 Å². The molecule has 224 valence electrons. The fraction of sp³-hybridized carbons (Fsp3) is 0.125.